The third-order valence-corrected chi connectivity index (χ3v) is 9.51. The predicted octanol–water partition coefficient (Wildman–Crippen LogP) is 9.96. The lowest BCUT2D eigenvalue weighted by Gasteiger charge is -2.13. The van der Waals surface area contributed by atoms with Gasteiger partial charge in [-0.05, 0) is 79.3 Å². The van der Waals surface area contributed by atoms with E-state index in [-0.39, 0.29) is 6.29 Å². The second kappa shape index (κ2) is 8.57. The molecule has 1 aromatic heterocycles. The molecule has 0 spiro atoms. The van der Waals surface area contributed by atoms with Gasteiger partial charge in [-0.1, -0.05) is 115 Å². The Morgan fingerprint density at radius 3 is 1.58 bits per heavy atom. The van der Waals surface area contributed by atoms with E-state index in [4.69, 9.17) is 0 Å². The predicted molar refractivity (Wildman–Crippen MR) is 179 cm³/mol. The van der Waals surface area contributed by atoms with Crippen LogP contribution >= 0.6 is 0 Å². The Hall–Kier alpha value is -5.38. The molecule has 1 saturated heterocycles. The maximum absolute atomic E-state index is 2.50. The minimum atomic E-state index is 0.189. The fourth-order valence-electron chi connectivity index (χ4n) is 7.55. The van der Waals surface area contributed by atoms with Crippen molar-refractivity contribution in [2.24, 2.45) is 0 Å². The van der Waals surface area contributed by atoms with Crippen molar-refractivity contribution in [1.82, 2.24) is 14.6 Å². The van der Waals surface area contributed by atoms with Crippen molar-refractivity contribution < 1.29 is 0 Å². The summed E-state index contributed by atoms with van der Waals surface area (Å²) in [5.74, 6) is 0. The van der Waals surface area contributed by atoms with Crippen LogP contribution in [0.3, 0.4) is 0 Å². The van der Waals surface area contributed by atoms with Crippen LogP contribution < -0.4 is 0 Å². The van der Waals surface area contributed by atoms with Crippen LogP contribution in [-0.2, 0) is 0 Å². The van der Waals surface area contributed by atoms with Gasteiger partial charge < -0.3 is 4.57 Å². The van der Waals surface area contributed by atoms with Crippen LogP contribution in [0.1, 0.15) is 11.9 Å². The molecule has 0 radical (unpaired) electrons. The number of nitrogens with zero attached hydrogens (tertiary/aromatic N) is 3. The van der Waals surface area contributed by atoms with Crippen molar-refractivity contribution in [3.05, 3.63) is 151 Å². The molecule has 2 atom stereocenters. The van der Waals surface area contributed by atoms with Crippen molar-refractivity contribution in [3.63, 3.8) is 0 Å². The summed E-state index contributed by atoms with van der Waals surface area (Å²) in [6.45, 7) is 0.917. The summed E-state index contributed by atoms with van der Waals surface area (Å²) in [6.07, 6.45) is 2.55. The molecule has 3 heteroatoms. The summed E-state index contributed by atoms with van der Waals surface area (Å²) in [6, 6.07) is 51.2. The first-order chi connectivity index (χ1) is 21.3. The molecule has 1 fully saturated rings. The summed E-state index contributed by atoms with van der Waals surface area (Å²) in [5.41, 5.74) is 7.60. The zero-order valence-electron chi connectivity index (χ0n) is 23.5. The molecule has 10 rings (SSSR count). The largest absolute Gasteiger partial charge is 0.304 e. The highest BCUT2D eigenvalue weighted by molar-refractivity contribution is 6.25. The standard InChI is InChI=1S/C40H27N3/c1-2-14-31-29(12-1)30-13-3-4-15-32(30)36-25-27(20-21-33(31)36)26-10-9-11-28(24-26)37-22-23-41-40(43(37)41)42-38-18-7-5-16-34(38)35-17-6-8-19-39(35)42/h1-22,24-25,40H,23H2. The number of hydrogen-bond acceptors (Lipinski definition) is 2. The van der Waals surface area contributed by atoms with Crippen LogP contribution in [0.5, 0.6) is 0 Å². The lowest BCUT2D eigenvalue weighted by Crippen LogP contribution is -2.05. The third kappa shape index (κ3) is 3.23. The molecular weight excluding hydrogens is 522 g/mol. The fourth-order valence-corrected chi connectivity index (χ4v) is 7.55. The Morgan fingerprint density at radius 1 is 0.419 bits per heavy atom. The maximum atomic E-state index is 2.50. The zero-order chi connectivity index (χ0) is 28.1. The average Bonchev–Trinajstić information content (AvgIpc) is 3.43. The number of hydrazine groups is 1. The first-order valence-corrected chi connectivity index (χ1v) is 15.0. The third-order valence-electron chi connectivity index (χ3n) is 9.51. The van der Waals surface area contributed by atoms with E-state index in [9.17, 15) is 0 Å². The van der Waals surface area contributed by atoms with E-state index in [1.807, 2.05) is 0 Å². The smallest absolute Gasteiger partial charge is 0.196 e. The summed E-state index contributed by atoms with van der Waals surface area (Å²) < 4.78 is 2.50. The molecule has 202 valence electrons. The van der Waals surface area contributed by atoms with E-state index in [1.165, 1.54) is 76.5 Å². The van der Waals surface area contributed by atoms with E-state index < -0.39 is 0 Å². The normalized spacial score (nSPS) is 17.8. The van der Waals surface area contributed by atoms with Gasteiger partial charge in [0.1, 0.15) is 0 Å². The van der Waals surface area contributed by atoms with Crippen LogP contribution in [0.2, 0.25) is 0 Å². The summed E-state index contributed by atoms with van der Waals surface area (Å²) in [7, 11) is 0. The Balaban J connectivity index is 1.07. The van der Waals surface area contributed by atoms with Crippen LogP contribution in [0.15, 0.2) is 146 Å². The monoisotopic (exact) mass is 549 g/mol. The van der Waals surface area contributed by atoms with Gasteiger partial charge in [0.25, 0.3) is 0 Å². The molecule has 2 aliphatic rings. The maximum Gasteiger partial charge on any atom is 0.196 e. The summed E-state index contributed by atoms with van der Waals surface area (Å²) in [4.78, 5) is 0. The van der Waals surface area contributed by atoms with E-state index in [2.05, 4.69) is 160 Å². The highest BCUT2D eigenvalue weighted by Crippen LogP contribution is 2.51. The van der Waals surface area contributed by atoms with E-state index in [1.54, 1.807) is 0 Å². The Morgan fingerprint density at radius 2 is 0.930 bits per heavy atom. The van der Waals surface area contributed by atoms with Gasteiger partial charge in [-0.3, -0.25) is 5.01 Å². The number of fused-ring (bicyclic) bond motifs is 10. The van der Waals surface area contributed by atoms with Crippen molar-refractivity contribution in [3.8, 4) is 11.1 Å². The van der Waals surface area contributed by atoms with E-state index >= 15 is 0 Å². The quantitative estimate of drug-likeness (QED) is 0.160. The van der Waals surface area contributed by atoms with Crippen molar-refractivity contribution >= 4 is 59.8 Å². The van der Waals surface area contributed by atoms with Gasteiger partial charge in [-0.2, -0.15) is 5.01 Å². The molecule has 8 aromatic rings. The Bertz CT molecular complexity index is 2380. The molecule has 0 aliphatic carbocycles. The van der Waals surface area contributed by atoms with Gasteiger partial charge in [0, 0.05) is 17.3 Å². The summed E-state index contributed by atoms with van der Waals surface area (Å²) in [5, 5.41) is 15.4. The second-order valence-corrected chi connectivity index (χ2v) is 11.7. The number of hydrogen-bond donors (Lipinski definition) is 0. The molecule has 2 unspecified atom stereocenters. The van der Waals surface area contributed by atoms with Gasteiger partial charge in [0.15, 0.2) is 6.29 Å². The summed E-state index contributed by atoms with van der Waals surface area (Å²) >= 11 is 0. The molecule has 0 amide bonds. The van der Waals surface area contributed by atoms with Gasteiger partial charge in [-0.25, -0.2) is 0 Å². The Kier molecular flexibility index (Phi) is 4.63. The van der Waals surface area contributed by atoms with Gasteiger partial charge >= 0.3 is 0 Å². The lowest BCUT2D eigenvalue weighted by atomic mass is 9.92. The zero-order valence-corrected chi connectivity index (χ0v) is 23.5. The van der Waals surface area contributed by atoms with Gasteiger partial charge in [0.2, 0.25) is 0 Å². The van der Waals surface area contributed by atoms with Gasteiger partial charge in [-0.15, -0.1) is 0 Å². The molecule has 3 heterocycles. The van der Waals surface area contributed by atoms with Crippen molar-refractivity contribution in [2.45, 2.75) is 6.29 Å². The molecule has 43 heavy (non-hydrogen) atoms. The minimum absolute atomic E-state index is 0.189. The highest BCUT2D eigenvalue weighted by Gasteiger charge is 2.52. The van der Waals surface area contributed by atoms with Crippen molar-refractivity contribution in [2.75, 3.05) is 6.54 Å². The minimum Gasteiger partial charge on any atom is -0.304 e. The topological polar surface area (TPSA) is 10.9 Å². The molecule has 3 nitrogen and oxygen atoms in total. The fraction of sp³-hybridized carbons (Fsp3) is 0.0500. The molecule has 0 bridgehead atoms. The van der Waals surface area contributed by atoms with Crippen LogP contribution in [-0.4, -0.2) is 21.1 Å². The molecule has 0 saturated carbocycles. The van der Waals surface area contributed by atoms with Crippen molar-refractivity contribution in [1.29, 1.82) is 0 Å². The van der Waals surface area contributed by atoms with Gasteiger partial charge in [0.05, 0.1) is 16.7 Å². The first-order valence-electron chi connectivity index (χ1n) is 15.0. The van der Waals surface area contributed by atoms with E-state index in [0.29, 0.717) is 0 Å². The molecule has 2 aliphatic heterocycles. The van der Waals surface area contributed by atoms with Crippen LogP contribution in [0, 0.1) is 0 Å². The van der Waals surface area contributed by atoms with E-state index in [0.717, 1.165) is 6.54 Å². The number of benzene rings is 7. The molecule has 0 N–H and O–H groups in total. The Labute approximate surface area is 249 Å². The number of aromatic nitrogens is 1. The number of rotatable bonds is 3. The molecule has 7 aromatic carbocycles. The van der Waals surface area contributed by atoms with Crippen LogP contribution in [0.4, 0.5) is 0 Å². The number of para-hydroxylation sites is 2. The van der Waals surface area contributed by atoms with Crippen LogP contribution in [0.25, 0.3) is 70.9 Å². The second-order valence-electron chi connectivity index (χ2n) is 11.7. The average molecular weight is 550 g/mol. The first kappa shape index (κ1) is 23.2. The SMILES string of the molecule is C1=C(c2cccc(-c3ccc4c5ccccc5c5ccccc5c4c3)c2)N2C(n3c4ccccc4c4ccccc43)N2C1. The lowest BCUT2D eigenvalue weighted by molar-refractivity contribution is 0.448. The molecular formula is C40H27N3. The highest BCUT2D eigenvalue weighted by atomic mass is 15.9.